The Morgan fingerprint density at radius 3 is 2.83 bits per heavy atom. The summed E-state index contributed by atoms with van der Waals surface area (Å²) in [4.78, 5) is 24.7. The number of hydrogen-bond donors (Lipinski definition) is 3. The zero-order valence-corrected chi connectivity index (χ0v) is 9.65. The molecule has 0 spiro atoms. The van der Waals surface area contributed by atoms with Gasteiger partial charge in [-0.05, 0) is 0 Å². The molecule has 1 aromatic rings. The highest BCUT2D eigenvalue weighted by Gasteiger charge is 2.45. The summed E-state index contributed by atoms with van der Waals surface area (Å²) in [6.45, 7) is -0.393. The third-order valence-corrected chi connectivity index (χ3v) is 2.89. The predicted molar refractivity (Wildman–Crippen MR) is 59.1 cm³/mol. The number of aliphatic hydroxyl groups is 2. The second-order valence-corrected chi connectivity index (χ2v) is 3.96. The van der Waals surface area contributed by atoms with Gasteiger partial charge in [-0.15, -0.1) is 0 Å². The largest absolute Gasteiger partial charge is 0.394 e. The van der Waals surface area contributed by atoms with E-state index in [0.717, 1.165) is 10.6 Å². The molecule has 0 saturated carbocycles. The minimum atomic E-state index is -1.05. The van der Waals surface area contributed by atoms with E-state index in [9.17, 15) is 14.7 Å². The second-order valence-electron chi connectivity index (χ2n) is 3.96. The standard InChI is InChI=1S/C10H14N2O6/c1-17-8-7(15)5(4-13)18-9(8)12-3-2-6(14)11-10(12)16/h2-3,5,7-9,13,15H,4H2,1H3,(H,11,14,16)/t5-,7-,8+,9+/m1/s1. The Morgan fingerprint density at radius 1 is 1.56 bits per heavy atom. The third kappa shape index (κ3) is 2.10. The first-order valence-electron chi connectivity index (χ1n) is 5.37. The molecule has 2 rings (SSSR count). The summed E-state index contributed by atoms with van der Waals surface area (Å²) in [5, 5.41) is 18.9. The minimum Gasteiger partial charge on any atom is -0.394 e. The topological polar surface area (TPSA) is 114 Å². The van der Waals surface area contributed by atoms with E-state index in [2.05, 4.69) is 4.98 Å². The SMILES string of the molecule is CO[C@H]1[C@H](O)[C@@H](CO)O[C@@H]1n1ccc(=O)[nH]c1=O. The zero-order valence-electron chi connectivity index (χ0n) is 9.65. The van der Waals surface area contributed by atoms with Crippen molar-refractivity contribution in [3.8, 4) is 0 Å². The molecule has 1 aliphatic heterocycles. The maximum absolute atomic E-state index is 11.6. The average molecular weight is 258 g/mol. The van der Waals surface area contributed by atoms with Crippen LogP contribution in [0.5, 0.6) is 0 Å². The molecule has 0 unspecified atom stereocenters. The lowest BCUT2D eigenvalue weighted by molar-refractivity contribution is -0.0625. The van der Waals surface area contributed by atoms with Gasteiger partial charge >= 0.3 is 5.69 Å². The van der Waals surface area contributed by atoms with E-state index < -0.39 is 42.4 Å². The fourth-order valence-corrected chi connectivity index (χ4v) is 1.98. The van der Waals surface area contributed by atoms with Gasteiger partial charge in [-0.1, -0.05) is 0 Å². The number of nitrogens with one attached hydrogen (secondary N) is 1. The molecule has 0 radical (unpaired) electrons. The Hall–Kier alpha value is -1.48. The molecule has 18 heavy (non-hydrogen) atoms. The molecule has 1 aromatic heterocycles. The van der Waals surface area contributed by atoms with Crippen molar-refractivity contribution in [1.29, 1.82) is 0 Å². The smallest absolute Gasteiger partial charge is 0.330 e. The van der Waals surface area contributed by atoms with Gasteiger partial charge in [0.15, 0.2) is 6.23 Å². The molecule has 0 aliphatic carbocycles. The lowest BCUT2D eigenvalue weighted by Gasteiger charge is -2.19. The van der Waals surface area contributed by atoms with Gasteiger partial charge in [-0.25, -0.2) is 4.79 Å². The molecule has 8 heteroatoms. The van der Waals surface area contributed by atoms with Crippen LogP contribution in [0.25, 0.3) is 0 Å². The Bertz CT molecular complexity index is 524. The summed E-state index contributed by atoms with van der Waals surface area (Å²) in [5.74, 6) is 0. The van der Waals surface area contributed by atoms with Crippen LogP contribution in [-0.2, 0) is 9.47 Å². The maximum atomic E-state index is 11.6. The number of aliphatic hydroxyl groups excluding tert-OH is 2. The van der Waals surface area contributed by atoms with Crippen molar-refractivity contribution in [3.05, 3.63) is 33.1 Å². The number of methoxy groups -OCH3 is 1. The van der Waals surface area contributed by atoms with E-state index in [-0.39, 0.29) is 0 Å². The highest BCUT2D eigenvalue weighted by atomic mass is 16.6. The van der Waals surface area contributed by atoms with Crippen LogP contribution in [0, 0.1) is 0 Å². The number of aromatic nitrogens is 2. The zero-order chi connectivity index (χ0) is 13.3. The van der Waals surface area contributed by atoms with Gasteiger partial charge in [0, 0.05) is 19.4 Å². The number of H-pyrrole nitrogens is 1. The van der Waals surface area contributed by atoms with Gasteiger partial charge in [0.1, 0.15) is 18.3 Å². The predicted octanol–water partition coefficient (Wildman–Crippen LogP) is -2.20. The number of hydrogen-bond acceptors (Lipinski definition) is 6. The number of aromatic amines is 1. The van der Waals surface area contributed by atoms with Gasteiger partial charge in [-0.3, -0.25) is 14.3 Å². The van der Waals surface area contributed by atoms with E-state index in [1.165, 1.54) is 13.3 Å². The fraction of sp³-hybridized carbons (Fsp3) is 0.600. The van der Waals surface area contributed by atoms with Crippen LogP contribution in [0.15, 0.2) is 21.9 Å². The van der Waals surface area contributed by atoms with Gasteiger partial charge in [0.05, 0.1) is 6.61 Å². The van der Waals surface area contributed by atoms with Crippen LogP contribution >= 0.6 is 0 Å². The van der Waals surface area contributed by atoms with Crippen molar-refractivity contribution in [2.45, 2.75) is 24.5 Å². The van der Waals surface area contributed by atoms with Crippen molar-refractivity contribution >= 4 is 0 Å². The Labute approximate surface area is 101 Å². The van der Waals surface area contributed by atoms with E-state index in [4.69, 9.17) is 14.6 Å². The van der Waals surface area contributed by atoms with E-state index in [0.29, 0.717) is 0 Å². The summed E-state index contributed by atoms with van der Waals surface area (Å²) in [7, 11) is 1.36. The first kappa shape index (κ1) is 13.0. The molecular weight excluding hydrogens is 244 g/mol. The monoisotopic (exact) mass is 258 g/mol. The van der Waals surface area contributed by atoms with Crippen molar-refractivity contribution in [2.24, 2.45) is 0 Å². The molecule has 3 N–H and O–H groups in total. The van der Waals surface area contributed by atoms with Crippen LogP contribution in [0.4, 0.5) is 0 Å². The van der Waals surface area contributed by atoms with Crippen LogP contribution in [-0.4, -0.2) is 51.8 Å². The molecule has 0 bridgehead atoms. The fourth-order valence-electron chi connectivity index (χ4n) is 1.98. The number of nitrogens with zero attached hydrogens (tertiary/aromatic N) is 1. The summed E-state index contributed by atoms with van der Waals surface area (Å²) < 4.78 is 11.5. The van der Waals surface area contributed by atoms with Crippen LogP contribution in [0.1, 0.15) is 6.23 Å². The molecule has 4 atom stereocenters. The second kappa shape index (κ2) is 5.02. The molecule has 0 aromatic carbocycles. The van der Waals surface area contributed by atoms with Crippen molar-refractivity contribution < 1.29 is 19.7 Å². The highest BCUT2D eigenvalue weighted by molar-refractivity contribution is 4.93. The number of rotatable bonds is 3. The summed E-state index contributed by atoms with van der Waals surface area (Å²) in [6, 6.07) is 1.16. The lowest BCUT2D eigenvalue weighted by Crippen LogP contribution is -2.38. The minimum absolute atomic E-state index is 0.393. The van der Waals surface area contributed by atoms with Crippen molar-refractivity contribution in [2.75, 3.05) is 13.7 Å². The van der Waals surface area contributed by atoms with Crippen molar-refractivity contribution in [1.82, 2.24) is 9.55 Å². The van der Waals surface area contributed by atoms with Crippen LogP contribution < -0.4 is 11.2 Å². The highest BCUT2D eigenvalue weighted by Crippen LogP contribution is 2.29. The Balaban J connectivity index is 2.38. The molecule has 1 fully saturated rings. The van der Waals surface area contributed by atoms with E-state index in [1.54, 1.807) is 0 Å². The first-order valence-corrected chi connectivity index (χ1v) is 5.37. The van der Waals surface area contributed by atoms with Gasteiger partial charge in [0.2, 0.25) is 0 Å². The van der Waals surface area contributed by atoms with Gasteiger partial charge < -0.3 is 19.7 Å². The van der Waals surface area contributed by atoms with Crippen molar-refractivity contribution in [3.63, 3.8) is 0 Å². The summed E-state index contributed by atoms with van der Waals surface area (Å²) in [6.07, 6.45) is -2.33. The van der Waals surface area contributed by atoms with Crippen LogP contribution in [0.3, 0.4) is 0 Å². The van der Waals surface area contributed by atoms with Gasteiger partial charge in [-0.2, -0.15) is 0 Å². The third-order valence-electron chi connectivity index (χ3n) is 2.89. The maximum Gasteiger partial charge on any atom is 0.330 e. The molecule has 8 nitrogen and oxygen atoms in total. The van der Waals surface area contributed by atoms with Crippen LogP contribution in [0.2, 0.25) is 0 Å². The molecular formula is C10H14N2O6. The molecule has 1 aliphatic rings. The molecule has 0 amide bonds. The summed E-state index contributed by atoms with van der Waals surface area (Å²) in [5.41, 5.74) is -1.19. The van der Waals surface area contributed by atoms with E-state index in [1.807, 2.05) is 0 Å². The molecule has 100 valence electrons. The lowest BCUT2D eigenvalue weighted by atomic mass is 10.1. The Kier molecular flexibility index (Phi) is 3.62. The first-order chi connectivity index (χ1) is 8.58. The van der Waals surface area contributed by atoms with Gasteiger partial charge in [0.25, 0.3) is 5.56 Å². The number of ether oxygens (including phenoxy) is 2. The van der Waals surface area contributed by atoms with E-state index >= 15 is 0 Å². The molecule has 2 heterocycles. The summed E-state index contributed by atoms with van der Waals surface area (Å²) >= 11 is 0. The quantitative estimate of drug-likeness (QED) is 0.567. The normalized spacial score (nSPS) is 31.7. The Morgan fingerprint density at radius 2 is 2.28 bits per heavy atom. The average Bonchev–Trinajstić information content (AvgIpc) is 2.65. The molecule has 1 saturated heterocycles.